The van der Waals surface area contributed by atoms with Gasteiger partial charge in [-0.15, -0.1) is 0 Å². The molecule has 0 aromatic heterocycles. The number of rotatable bonds is 8. The normalized spacial score (nSPS) is 27.2. The molecule has 16 heavy (non-hydrogen) atoms. The topological polar surface area (TPSA) is 21.3 Å². The number of nitrogens with one attached hydrogen (secondary N) is 1. The second-order valence-electron chi connectivity index (χ2n) is 5.20. The molecule has 1 N–H and O–H groups in total. The molecular formula is C14H29NO. The summed E-state index contributed by atoms with van der Waals surface area (Å²) in [5.41, 5.74) is 0. The predicted molar refractivity (Wildman–Crippen MR) is 69.7 cm³/mol. The number of unbranched alkanes of at least 4 members (excludes halogenated alkanes) is 1. The molecule has 0 radical (unpaired) electrons. The van der Waals surface area contributed by atoms with Crippen LogP contribution in [-0.2, 0) is 4.74 Å². The van der Waals surface area contributed by atoms with E-state index < -0.39 is 0 Å². The third-order valence-electron chi connectivity index (χ3n) is 3.92. The first-order valence-electron chi connectivity index (χ1n) is 7.10. The molecule has 96 valence electrons. The molecule has 1 fully saturated rings. The zero-order valence-corrected chi connectivity index (χ0v) is 11.3. The highest BCUT2D eigenvalue weighted by Crippen LogP contribution is 2.19. The second-order valence-corrected chi connectivity index (χ2v) is 5.20. The van der Waals surface area contributed by atoms with E-state index in [1.165, 1.54) is 38.6 Å². The summed E-state index contributed by atoms with van der Waals surface area (Å²) in [4.78, 5) is 0. The van der Waals surface area contributed by atoms with Crippen LogP contribution in [0.3, 0.4) is 0 Å². The quantitative estimate of drug-likeness (QED) is 0.687. The Bertz CT molecular complexity index is 172. The van der Waals surface area contributed by atoms with Crippen molar-refractivity contribution in [1.82, 2.24) is 5.32 Å². The number of hydrogen-bond donors (Lipinski definition) is 1. The highest BCUT2D eigenvalue weighted by atomic mass is 16.5. The Labute approximate surface area is 101 Å². The maximum Gasteiger partial charge on any atom is 0.0588 e. The summed E-state index contributed by atoms with van der Waals surface area (Å²) >= 11 is 0. The van der Waals surface area contributed by atoms with Gasteiger partial charge in [-0.1, -0.05) is 33.1 Å². The lowest BCUT2D eigenvalue weighted by Crippen LogP contribution is -2.30. The van der Waals surface area contributed by atoms with Gasteiger partial charge in [0.25, 0.3) is 0 Å². The molecule has 0 bridgehead atoms. The van der Waals surface area contributed by atoms with Crippen LogP contribution in [0.25, 0.3) is 0 Å². The van der Waals surface area contributed by atoms with E-state index in [4.69, 9.17) is 4.74 Å². The van der Waals surface area contributed by atoms with Gasteiger partial charge in [-0.3, -0.25) is 0 Å². The van der Waals surface area contributed by atoms with Gasteiger partial charge in [-0.25, -0.2) is 0 Å². The maximum atomic E-state index is 5.57. The Balaban J connectivity index is 2.08. The van der Waals surface area contributed by atoms with E-state index in [-0.39, 0.29) is 0 Å². The van der Waals surface area contributed by atoms with Gasteiger partial charge in [0.15, 0.2) is 0 Å². The third kappa shape index (κ3) is 4.84. The van der Waals surface area contributed by atoms with E-state index >= 15 is 0 Å². The van der Waals surface area contributed by atoms with Gasteiger partial charge in [0.1, 0.15) is 0 Å². The van der Waals surface area contributed by atoms with Crippen LogP contribution < -0.4 is 5.32 Å². The fourth-order valence-corrected chi connectivity index (χ4v) is 2.46. The van der Waals surface area contributed by atoms with Crippen molar-refractivity contribution < 1.29 is 4.74 Å². The summed E-state index contributed by atoms with van der Waals surface area (Å²) < 4.78 is 5.57. The Morgan fingerprint density at radius 1 is 1.38 bits per heavy atom. The smallest absolute Gasteiger partial charge is 0.0588 e. The maximum absolute atomic E-state index is 5.57. The highest BCUT2D eigenvalue weighted by Gasteiger charge is 2.23. The van der Waals surface area contributed by atoms with Gasteiger partial charge in [0, 0.05) is 13.2 Å². The van der Waals surface area contributed by atoms with Crippen molar-refractivity contribution in [2.45, 2.75) is 59.0 Å². The van der Waals surface area contributed by atoms with Gasteiger partial charge in [0.2, 0.25) is 0 Å². The lowest BCUT2D eigenvalue weighted by molar-refractivity contribution is 0.105. The van der Waals surface area contributed by atoms with Crippen LogP contribution in [0.5, 0.6) is 0 Å². The average molecular weight is 227 g/mol. The summed E-state index contributed by atoms with van der Waals surface area (Å²) in [6, 6.07) is 0. The molecule has 0 aliphatic carbocycles. The minimum atomic E-state index is 0.461. The molecule has 3 unspecified atom stereocenters. The Morgan fingerprint density at radius 3 is 2.75 bits per heavy atom. The average Bonchev–Trinajstić information content (AvgIpc) is 2.69. The largest absolute Gasteiger partial charge is 0.378 e. The minimum Gasteiger partial charge on any atom is -0.378 e. The molecule has 1 saturated heterocycles. The first kappa shape index (κ1) is 14.0. The molecule has 1 rings (SSSR count). The Kier molecular flexibility index (Phi) is 7.06. The molecule has 0 aromatic rings. The molecule has 0 saturated carbocycles. The Hall–Kier alpha value is -0.0800. The van der Waals surface area contributed by atoms with Crippen LogP contribution in [-0.4, -0.2) is 25.8 Å². The van der Waals surface area contributed by atoms with E-state index in [1.807, 2.05) is 0 Å². The molecule has 2 nitrogen and oxygen atoms in total. The van der Waals surface area contributed by atoms with E-state index in [0.717, 1.165) is 25.0 Å². The second kappa shape index (κ2) is 8.08. The van der Waals surface area contributed by atoms with E-state index in [0.29, 0.717) is 6.10 Å². The van der Waals surface area contributed by atoms with Crippen molar-refractivity contribution in [2.24, 2.45) is 11.8 Å². The van der Waals surface area contributed by atoms with E-state index in [2.05, 4.69) is 26.1 Å². The summed E-state index contributed by atoms with van der Waals surface area (Å²) in [7, 11) is 0. The van der Waals surface area contributed by atoms with Crippen LogP contribution >= 0.6 is 0 Å². The molecule has 2 heteroatoms. The first-order valence-corrected chi connectivity index (χ1v) is 7.10. The van der Waals surface area contributed by atoms with Crippen LogP contribution in [0.1, 0.15) is 52.9 Å². The van der Waals surface area contributed by atoms with Crippen molar-refractivity contribution in [2.75, 3.05) is 19.7 Å². The summed E-state index contributed by atoms with van der Waals surface area (Å²) in [6.45, 7) is 10.1. The summed E-state index contributed by atoms with van der Waals surface area (Å²) in [6.07, 6.45) is 7.09. The zero-order chi connectivity index (χ0) is 11.8. The van der Waals surface area contributed by atoms with Crippen molar-refractivity contribution in [1.29, 1.82) is 0 Å². The van der Waals surface area contributed by atoms with Crippen LogP contribution in [0.4, 0.5) is 0 Å². The van der Waals surface area contributed by atoms with E-state index in [9.17, 15) is 0 Å². The first-order chi connectivity index (χ1) is 7.77. The van der Waals surface area contributed by atoms with Gasteiger partial charge >= 0.3 is 0 Å². The molecule has 0 aromatic carbocycles. The molecule has 1 aliphatic rings. The molecule has 1 aliphatic heterocycles. The van der Waals surface area contributed by atoms with Crippen molar-refractivity contribution in [3.8, 4) is 0 Å². The van der Waals surface area contributed by atoms with Gasteiger partial charge in [-0.2, -0.15) is 0 Å². The fourth-order valence-electron chi connectivity index (χ4n) is 2.46. The molecule has 0 amide bonds. The fraction of sp³-hybridized carbons (Fsp3) is 1.00. The monoisotopic (exact) mass is 227 g/mol. The van der Waals surface area contributed by atoms with Crippen LogP contribution in [0, 0.1) is 11.8 Å². The van der Waals surface area contributed by atoms with Crippen molar-refractivity contribution >= 4 is 0 Å². The van der Waals surface area contributed by atoms with Gasteiger partial charge < -0.3 is 10.1 Å². The summed E-state index contributed by atoms with van der Waals surface area (Å²) in [5, 5.41) is 3.64. The van der Waals surface area contributed by atoms with Gasteiger partial charge in [-0.05, 0) is 38.1 Å². The standard InChI is InChI=1S/C14H29NO/c1-4-6-7-13(5-2)10-15-11-14-8-9-16-12(14)3/h12-15H,4-11H2,1-3H3. The molecule has 1 heterocycles. The van der Waals surface area contributed by atoms with Crippen LogP contribution in [0.15, 0.2) is 0 Å². The SMILES string of the molecule is CCCCC(CC)CNCC1CCOC1C. The minimum absolute atomic E-state index is 0.461. The van der Waals surface area contributed by atoms with Crippen LogP contribution in [0.2, 0.25) is 0 Å². The highest BCUT2D eigenvalue weighted by molar-refractivity contribution is 4.75. The van der Waals surface area contributed by atoms with Gasteiger partial charge in [0.05, 0.1) is 6.10 Å². The van der Waals surface area contributed by atoms with Crippen molar-refractivity contribution in [3.05, 3.63) is 0 Å². The predicted octanol–water partition coefficient (Wildman–Crippen LogP) is 3.22. The van der Waals surface area contributed by atoms with Crippen molar-refractivity contribution in [3.63, 3.8) is 0 Å². The molecular weight excluding hydrogens is 198 g/mol. The molecule has 3 atom stereocenters. The lowest BCUT2D eigenvalue weighted by atomic mass is 9.98. The summed E-state index contributed by atoms with van der Waals surface area (Å²) in [5.74, 6) is 1.61. The molecule has 0 spiro atoms. The van der Waals surface area contributed by atoms with E-state index in [1.54, 1.807) is 0 Å². The Morgan fingerprint density at radius 2 is 2.19 bits per heavy atom. The number of ether oxygens (including phenoxy) is 1. The lowest BCUT2D eigenvalue weighted by Gasteiger charge is -2.19. The number of hydrogen-bond acceptors (Lipinski definition) is 2. The third-order valence-corrected chi connectivity index (χ3v) is 3.92. The zero-order valence-electron chi connectivity index (χ0n) is 11.3.